The maximum absolute atomic E-state index is 13.0. The van der Waals surface area contributed by atoms with Crippen LogP contribution >= 0.6 is 0 Å². The lowest BCUT2D eigenvalue weighted by atomic mass is 9.91. The molecular formula is C19H26N2O3. The Hall–Kier alpha value is -1.75. The van der Waals surface area contributed by atoms with Crippen molar-refractivity contribution in [3.63, 3.8) is 0 Å². The van der Waals surface area contributed by atoms with Gasteiger partial charge in [0.15, 0.2) is 11.5 Å². The predicted octanol–water partition coefficient (Wildman–Crippen LogP) is 1.98. The Bertz CT molecular complexity index is 652. The second-order valence-corrected chi connectivity index (χ2v) is 7.35. The minimum absolute atomic E-state index is 0.251. The standard InChI is InChI=1S/C19H26N2O3/c1-23-16-9-13-3-8-21(12-14(13)10-17(16)24-2)18(22)15-11-19(15)4-6-20-7-5-19/h9-10,15,20H,3-8,11-12H2,1-2H3. The average Bonchev–Trinajstić information content (AvgIpc) is 3.32. The van der Waals surface area contributed by atoms with E-state index in [9.17, 15) is 4.79 Å². The summed E-state index contributed by atoms with van der Waals surface area (Å²) in [5.41, 5.74) is 2.76. The van der Waals surface area contributed by atoms with Gasteiger partial charge in [-0.15, -0.1) is 0 Å². The first-order valence-electron chi connectivity index (χ1n) is 8.90. The summed E-state index contributed by atoms with van der Waals surface area (Å²) in [5.74, 6) is 2.12. The molecule has 5 heteroatoms. The van der Waals surface area contributed by atoms with E-state index >= 15 is 0 Å². The van der Waals surface area contributed by atoms with E-state index in [-0.39, 0.29) is 5.92 Å². The zero-order valence-corrected chi connectivity index (χ0v) is 14.6. The molecule has 1 aliphatic carbocycles. The molecule has 1 amide bonds. The second-order valence-electron chi connectivity index (χ2n) is 7.35. The van der Waals surface area contributed by atoms with Crippen LogP contribution in [0.4, 0.5) is 0 Å². The number of nitrogens with zero attached hydrogens (tertiary/aromatic N) is 1. The fourth-order valence-corrected chi connectivity index (χ4v) is 4.47. The van der Waals surface area contributed by atoms with Crippen LogP contribution in [-0.4, -0.2) is 44.7 Å². The normalized spacial score (nSPS) is 24.4. The minimum atomic E-state index is 0.251. The SMILES string of the molecule is COc1cc2c(cc1OC)CN(C(=O)C1CC13CCNCC3)CC2. The molecule has 1 N–H and O–H groups in total. The Kier molecular flexibility index (Phi) is 3.91. The van der Waals surface area contributed by atoms with Crippen molar-refractivity contribution in [2.24, 2.45) is 11.3 Å². The van der Waals surface area contributed by atoms with Gasteiger partial charge in [-0.25, -0.2) is 0 Å². The summed E-state index contributed by atoms with van der Waals surface area (Å²) in [6.07, 6.45) is 4.28. The number of carbonyl (C=O) groups is 1. The lowest BCUT2D eigenvalue weighted by Gasteiger charge is -2.31. The third kappa shape index (κ3) is 2.55. The number of methoxy groups -OCH3 is 2. The van der Waals surface area contributed by atoms with Gasteiger partial charge < -0.3 is 19.7 Å². The zero-order valence-electron chi connectivity index (χ0n) is 14.6. The van der Waals surface area contributed by atoms with Crippen LogP contribution in [0.15, 0.2) is 12.1 Å². The molecule has 1 unspecified atom stereocenters. The summed E-state index contributed by atoms with van der Waals surface area (Å²) in [7, 11) is 3.32. The van der Waals surface area contributed by atoms with E-state index in [1.54, 1.807) is 14.2 Å². The van der Waals surface area contributed by atoms with E-state index < -0.39 is 0 Å². The van der Waals surface area contributed by atoms with Crippen LogP contribution in [0, 0.1) is 11.3 Å². The number of hydrogen-bond donors (Lipinski definition) is 1. The highest BCUT2D eigenvalue weighted by Crippen LogP contribution is 2.59. The molecule has 4 rings (SSSR count). The molecule has 24 heavy (non-hydrogen) atoms. The van der Waals surface area contributed by atoms with E-state index in [2.05, 4.69) is 16.3 Å². The van der Waals surface area contributed by atoms with Crippen LogP contribution in [0.3, 0.4) is 0 Å². The van der Waals surface area contributed by atoms with Crippen molar-refractivity contribution < 1.29 is 14.3 Å². The highest BCUT2D eigenvalue weighted by atomic mass is 16.5. The Labute approximate surface area is 143 Å². The number of carbonyl (C=O) groups excluding carboxylic acids is 1. The van der Waals surface area contributed by atoms with E-state index in [0.29, 0.717) is 17.9 Å². The number of hydrogen-bond acceptors (Lipinski definition) is 4. The number of amides is 1. The van der Waals surface area contributed by atoms with Gasteiger partial charge in [0.2, 0.25) is 5.91 Å². The molecule has 1 saturated heterocycles. The lowest BCUT2D eigenvalue weighted by molar-refractivity contribution is -0.134. The Morgan fingerprint density at radius 1 is 1.17 bits per heavy atom. The molecule has 0 aromatic heterocycles. The van der Waals surface area contributed by atoms with Crippen molar-refractivity contribution in [1.82, 2.24) is 10.2 Å². The van der Waals surface area contributed by atoms with Crippen LogP contribution in [0.5, 0.6) is 11.5 Å². The summed E-state index contributed by atoms with van der Waals surface area (Å²) in [6, 6.07) is 4.09. The Morgan fingerprint density at radius 2 is 1.83 bits per heavy atom. The van der Waals surface area contributed by atoms with Crippen LogP contribution in [0.2, 0.25) is 0 Å². The first-order chi connectivity index (χ1) is 11.7. The molecule has 1 aromatic carbocycles. The Morgan fingerprint density at radius 3 is 2.50 bits per heavy atom. The maximum Gasteiger partial charge on any atom is 0.226 e. The zero-order chi connectivity index (χ0) is 16.7. The highest BCUT2D eigenvalue weighted by molar-refractivity contribution is 5.83. The van der Waals surface area contributed by atoms with Gasteiger partial charge in [-0.05, 0) is 67.4 Å². The van der Waals surface area contributed by atoms with Gasteiger partial charge in [-0.3, -0.25) is 4.79 Å². The number of piperidine rings is 1. The average molecular weight is 330 g/mol. The van der Waals surface area contributed by atoms with E-state index in [1.165, 1.54) is 11.1 Å². The number of rotatable bonds is 3. The quantitative estimate of drug-likeness (QED) is 0.921. The van der Waals surface area contributed by atoms with Gasteiger partial charge in [-0.2, -0.15) is 0 Å². The molecule has 1 atom stereocenters. The smallest absolute Gasteiger partial charge is 0.226 e. The molecule has 0 radical (unpaired) electrons. The summed E-state index contributed by atoms with van der Waals surface area (Å²) >= 11 is 0. The first kappa shape index (κ1) is 15.8. The molecule has 2 aliphatic heterocycles. The molecular weight excluding hydrogens is 304 g/mol. The van der Waals surface area contributed by atoms with Crippen molar-refractivity contribution in [3.8, 4) is 11.5 Å². The van der Waals surface area contributed by atoms with Crippen molar-refractivity contribution in [2.45, 2.75) is 32.2 Å². The third-order valence-electron chi connectivity index (χ3n) is 6.12. The van der Waals surface area contributed by atoms with Gasteiger partial charge >= 0.3 is 0 Å². The van der Waals surface area contributed by atoms with Crippen LogP contribution in [-0.2, 0) is 17.8 Å². The number of nitrogens with one attached hydrogen (secondary N) is 1. The number of ether oxygens (including phenoxy) is 2. The van der Waals surface area contributed by atoms with Gasteiger partial charge in [0.1, 0.15) is 0 Å². The fraction of sp³-hybridized carbons (Fsp3) is 0.632. The van der Waals surface area contributed by atoms with E-state index in [1.807, 2.05) is 6.07 Å². The van der Waals surface area contributed by atoms with Crippen molar-refractivity contribution in [1.29, 1.82) is 0 Å². The summed E-state index contributed by atoms with van der Waals surface area (Å²) in [6.45, 7) is 3.62. The highest BCUT2D eigenvalue weighted by Gasteiger charge is 2.58. The van der Waals surface area contributed by atoms with Crippen molar-refractivity contribution in [3.05, 3.63) is 23.3 Å². The third-order valence-corrected chi connectivity index (χ3v) is 6.12. The van der Waals surface area contributed by atoms with Crippen molar-refractivity contribution >= 4 is 5.91 Å². The second kappa shape index (κ2) is 5.96. The molecule has 1 saturated carbocycles. The molecule has 2 heterocycles. The van der Waals surface area contributed by atoms with Gasteiger partial charge in [0.05, 0.1) is 14.2 Å². The number of benzene rings is 1. The van der Waals surface area contributed by atoms with Crippen LogP contribution in [0.25, 0.3) is 0 Å². The molecule has 2 fully saturated rings. The molecule has 130 valence electrons. The Balaban J connectivity index is 1.49. The molecule has 1 spiro atoms. The topological polar surface area (TPSA) is 50.8 Å². The van der Waals surface area contributed by atoms with Crippen LogP contribution < -0.4 is 14.8 Å². The largest absolute Gasteiger partial charge is 0.493 e. The number of fused-ring (bicyclic) bond motifs is 1. The van der Waals surface area contributed by atoms with Gasteiger partial charge in [0.25, 0.3) is 0 Å². The molecule has 5 nitrogen and oxygen atoms in total. The van der Waals surface area contributed by atoms with Gasteiger partial charge in [-0.1, -0.05) is 0 Å². The predicted molar refractivity (Wildman–Crippen MR) is 91.3 cm³/mol. The van der Waals surface area contributed by atoms with E-state index in [0.717, 1.165) is 56.8 Å². The molecule has 3 aliphatic rings. The first-order valence-corrected chi connectivity index (χ1v) is 8.90. The molecule has 1 aromatic rings. The van der Waals surface area contributed by atoms with Crippen molar-refractivity contribution in [2.75, 3.05) is 33.9 Å². The molecule has 0 bridgehead atoms. The monoisotopic (exact) mass is 330 g/mol. The summed E-state index contributed by atoms with van der Waals surface area (Å²) in [4.78, 5) is 15.0. The lowest BCUT2D eigenvalue weighted by Crippen LogP contribution is -2.39. The van der Waals surface area contributed by atoms with Gasteiger partial charge in [0, 0.05) is 19.0 Å². The summed E-state index contributed by atoms with van der Waals surface area (Å²) < 4.78 is 10.8. The maximum atomic E-state index is 13.0. The van der Waals surface area contributed by atoms with Crippen LogP contribution in [0.1, 0.15) is 30.4 Å². The minimum Gasteiger partial charge on any atom is -0.493 e. The van der Waals surface area contributed by atoms with E-state index in [4.69, 9.17) is 9.47 Å². The summed E-state index contributed by atoms with van der Waals surface area (Å²) in [5, 5.41) is 3.41. The fourth-order valence-electron chi connectivity index (χ4n) is 4.47.